The van der Waals surface area contributed by atoms with Crippen LogP contribution in [0.3, 0.4) is 0 Å². The lowest BCUT2D eigenvalue weighted by molar-refractivity contribution is -0.138. The first-order chi connectivity index (χ1) is 11.4. The Kier molecular flexibility index (Phi) is 5.24. The maximum atomic E-state index is 14.1. The third-order valence-corrected chi connectivity index (χ3v) is 3.29. The maximum Gasteiger partial charge on any atom is 0.343 e. The van der Waals surface area contributed by atoms with Gasteiger partial charge in [0.1, 0.15) is 17.2 Å². The third kappa shape index (κ3) is 3.56. The van der Waals surface area contributed by atoms with E-state index >= 15 is 0 Å². The number of nitrogens with zero attached hydrogens (tertiary/aromatic N) is 1. The molecule has 1 N–H and O–H groups in total. The molecular formula is C16H13F3N2O3. The number of rotatable bonds is 6. The molecule has 0 bridgehead atoms. The number of benzene rings is 1. The van der Waals surface area contributed by atoms with Gasteiger partial charge in [-0.05, 0) is 25.8 Å². The summed E-state index contributed by atoms with van der Waals surface area (Å²) in [6.45, 7) is 1.48. The number of ketones is 1. The van der Waals surface area contributed by atoms with E-state index in [0.717, 1.165) is 25.1 Å². The first kappa shape index (κ1) is 17.5. The molecule has 0 heterocycles. The summed E-state index contributed by atoms with van der Waals surface area (Å²) < 4.78 is 45.8. The number of carbonyl (C=O) groups is 2. The normalized spacial score (nSPS) is 14.0. The van der Waals surface area contributed by atoms with E-state index in [0.29, 0.717) is 6.07 Å². The van der Waals surface area contributed by atoms with E-state index in [1.807, 2.05) is 0 Å². The van der Waals surface area contributed by atoms with Crippen molar-refractivity contribution in [2.45, 2.75) is 25.8 Å². The molecule has 0 atom stereocenters. The average Bonchev–Trinajstić information content (AvgIpc) is 3.36. The zero-order valence-corrected chi connectivity index (χ0v) is 12.7. The summed E-state index contributed by atoms with van der Waals surface area (Å²) >= 11 is 0. The number of nitriles is 1. The first-order valence-electron chi connectivity index (χ1n) is 7.16. The first-order valence-corrected chi connectivity index (χ1v) is 7.16. The minimum atomic E-state index is -1.69. The number of esters is 1. The molecule has 0 unspecified atom stereocenters. The summed E-state index contributed by atoms with van der Waals surface area (Å²) in [6, 6.07) is 1.57. The van der Waals surface area contributed by atoms with Crippen molar-refractivity contribution in [2.24, 2.45) is 0 Å². The Morgan fingerprint density at radius 3 is 2.58 bits per heavy atom. The van der Waals surface area contributed by atoms with Crippen LogP contribution in [0.25, 0.3) is 0 Å². The molecule has 1 aromatic carbocycles. The second-order valence-corrected chi connectivity index (χ2v) is 5.07. The van der Waals surface area contributed by atoms with E-state index in [4.69, 9.17) is 10.00 Å². The predicted octanol–water partition coefficient (Wildman–Crippen LogP) is 2.36. The molecule has 0 amide bonds. The number of halogens is 3. The van der Waals surface area contributed by atoms with Crippen molar-refractivity contribution in [3.8, 4) is 6.07 Å². The van der Waals surface area contributed by atoms with Crippen molar-refractivity contribution in [2.75, 3.05) is 6.61 Å². The van der Waals surface area contributed by atoms with Gasteiger partial charge >= 0.3 is 5.97 Å². The SMILES string of the molecule is CCOC(=O)C(=CNC1CC1)C(=O)c1cc(F)c(F)c(C#N)c1F. The summed E-state index contributed by atoms with van der Waals surface area (Å²) in [6.07, 6.45) is 2.77. The zero-order chi connectivity index (χ0) is 17.9. The van der Waals surface area contributed by atoms with Gasteiger partial charge in [0.05, 0.1) is 12.2 Å². The van der Waals surface area contributed by atoms with E-state index in [1.165, 1.54) is 6.92 Å². The molecule has 2 rings (SSSR count). The Bertz CT molecular complexity index is 765. The topological polar surface area (TPSA) is 79.2 Å². The number of ether oxygens (including phenoxy) is 1. The summed E-state index contributed by atoms with van der Waals surface area (Å²) in [7, 11) is 0. The summed E-state index contributed by atoms with van der Waals surface area (Å²) in [5.74, 6) is -7.00. The fourth-order valence-electron chi connectivity index (χ4n) is 1.89. The van der Waals surface area contributed by atoms with Gasteiger partial charge in [-0.25, -0.2) is 18.0 Å². The van der Waals surface area contributed by atoms with Crippen molar-refractivity contribution < 1.29 is 27.5 Å². The molecule has 1 saturated carbocycles. The van der Waals surface area contributed by atoms with Crippen molar-refractivity contribution in [1.82, 2.24) is 5.32 Å². The summed E-state index contributed by atoms with van der Waals surface area (Å²) in [5, 5.41) is 11.5. The van der Waals surface area contributed by atoms with Crippen LogP contribution in [0.1, 0.15) is 35.7 Å². The number of hydrogen-bond acceptors (Lipinski definition) is 5. The van der Waals surface area contributed by atoms with Gasteiger partial charge in [0.25, 0.3) is 0 Å². The number of carbonyl (C=O) groups excluding carboxylic acids is 2. The van der Waals surface area contributed by atoms with Crippen LogP contribution in [-0.2, 0) is 9.53 Å². The van der Waals surface area contributed by atoms with Crippen LogP contribution in [0.4, 0.5) is 13.2 Å². The van der Waals surface area contributed by atoms with Crippen LogP contribution in [0.15, 0.2) is 17.8 Å². The molecule has 0 aromatic heterocycles. The van der Waals surface area contributed by atoms with Crippen LogP contribution in [0.2, 0.25) is 0 Å². The number of Topliss-reactive ketones (excluding diaryl/α,β-unsaturated/α-hetero) is 1. The molecule has 24 heavy (non-hydrogen) atoms. The Morgan fingerprint density at radius 2 is 2.04 bits per heavy atom. The lowest BCUT2D eigenvalue weighted by Gasteiger charge is -2.09. The largest absolute Gasteiger partial charge is 0.462 e. The molecule has 1 aliphatic rings. The van der Waals surface area contributed by atoms with Crippen LogP contribution in [0.5, 0.6) is 0 Å². The van der Waals surface area contributed by atoms with E-state index in [-0.39, 0.29) is 12.6 Å². The van der Waals surface area contributed by atoms with Crippen molar-refractivity contribution in [1.29, 1.82) is 5.26 Å². The lowest BCUT2D eigenvalue weighted by atomic mass is 10.0. The highest BCUT2D eigenvalue weighted by molar-refractivity contribution is 6.24. The lowest BCUT2D eigenvalue weighted by Crippen LogP contribution is -2.22. The van der Waals surface area contributed by atoms with E-state index in [1.54, 1.807) is 0 Å². The van der Waals surface area contributed by atoms with Crippen molar-refractivity contribution in [3.63, 3.8) is 0 Å². The van der Waals surface area contributed by atoms with Gasteiger partial charge in [-0.2, -0.15) is 5.26 Å². The van der Waals surface area contributed by atoms with Gasteiger partial charge in [-0.1, -0.05) is 0 Å². The molecule has 8 heteroatoms. The minimum absolute atomic E-state index is 0.0312. The molecular weight excluding hydrogens is 325 g/mol. The second kappa shape index (κ2) is 7.17. The van der Waals surface area contributed by atoms with Gasteiger partial charge in [-0.15, -0.1) is 0 Å². The number of hydrogen-bond donors (Lipinski definition) is 1. The molecule has 0 radical (unpaired) electrons. The average molecular weight is 338 g/mol. The minimum Gasteiger partial charge on any atom is -0.462 e. The standard InChI is InChI=1S/C16H13F3N2O3/c1-2-24-16(23)11(7-21-8-3-4-8)15(22)9-5-12(17)14(19)10(6-20)13(9)18/h5,7-8,21H,2-4H2,1H3. The molecule has 0 saturated heterocycles. The Labute approximate surface area is 135 Å². The zero-order valence-electron chi connectivity index (χ0n) is 12.7. The van der Waals surface area contributed by atoms with E-state index in [2.05, 4.69) is 5.32 Å². The predicted molar refractivity (Wildman–Crippen MR) is 76.2 cm³/mol. The highest BCUT2D eigenvalue weighted by Gasteiger charge is 2.29. The summed E-state index contributed by atoms with van der Waals surface area (Å²) in [5.41, 5.74) is -2.70. The maximum absolute atomic E-state index is 14.1. The van der Waals surface area contributed by atoms with Crippen LogP contribution in [-0.4, -0.2) is 24.4 Å². The van der Waals surface area contributed by atoms with Crippen molar-refractivity contribution >= 4 is 11.8 Å². The smallest absolute Gasteiger partial charge is 0.343 e. The third-order valence-electron chi connectivity index (χ3n) is 3.29. The van der Waals surface area contributed by atoms with E-state index in [9.17, 15) is 22.8 Å². The van der Waals surface area contributed by atoms with Crippen LogP contribution in [0, 0.1) is 28.8 Å². The van der Waals surface area contributed by atoms with Gasteiger partial charge in [0.2, 0.25) is 5.78 Å². The van der Waals surface area contributed by atoms with Gasteiger partial charge < -0.3 is 10.1 Å². The second-order valence-electron chi connectivity index (χ2n) is 5.07. The highest BCUT2D eigenvalue weighted by Crippen LogP contribution is 2.23. The molecule has 1 fully saturated rings. The van der Waals surface area contributed by atoms with Gasteiger partial charge in [0, 0.05) is 12.2 Å². The van der Waals surface area contributed by atoms with Crippen LogP contribution >= 0.6 is 0 Å². The molecule has 1 aliphatic carbocycles. The molecule has 1 aromatic rings. The highest BCUT2D eigenvalue weighted by atomic mass is 19.2. The van der Waals surface area contributed by atoms with Gasteiger partial charge in [0.15, 0.2) is 17.5 Å². The summed E-state index contributed by atoms with van der Waals surface area (Å²) in [4.78, 5) is 24.3. The molecule has 0 spiro atoms. The quantitative estimate of drug-likeness (QED) is 0.215. The Hall–Kier alpha value is -2.82. The monoisotopic (exact) mass is 338 g/mol. The van der Waals surface area contributed by atoms with Crippen LogP contribution < -0.4 is 5.32 Å². The van der Waals surface area contributed by atoms with Gasteiger partial charge in [-0.3, -0.25) is 4.79 Å². The van der Waals surface area contributed by atoms with Crippen molar-refractivity contribution in [3.05, 3.63) is 46.4 Å². The Morgan fingerprint density at radius 1 is 1.38 bits per heavy atom. The fourth-order valence-corrected chi connectivity index (χ4v) is 1.89. The fraction of sp³-hybridized carbons (Fsp3) is 0.312. The molecule has 5 nitrogen and oxygen atoms in total. The van der Waals surface area contributed by atoms with E-state index < -0.39 is 45.9 Å². The molecule has 0 aliphatic heterocycles. The number of nitrogens with one attached hydrogen (secondary N) is 1. The Balaban J connectivity index is 2.46. The molecule has 126 valence electrons.